The van der Waals surface area contributed by atoms with E-state index in [1.54, 1.807) is 0 Å². The van der Waals surface area contributed by atoms with E-state index in [2.05, 4.69) is 5.32 Å². The first kappa shape index (κ1) is 20.7. The van der Waals surface area contributed by atoms with Crippen LogP contribution in [0.3, 0.4) is 0 Å². The van der Waals surface area contributed by atoms with Crippen LogP contribution in [-0.2, 0) is 19.1 Å². The first-order valence-corrected chi connectivity index (χ1v) is 8.33. The van der Waals surface area contributed by atoms with Gasteiger partial charge in [0.2, 0.25) is 0 Å². The number of rotatable bonds is 7. The van der Waals surface area contributed by atoms with Gasteiger partial charge in [-0.3, -0.25) is 4.79 Å². The van der Waals surface area contributed by atoms with E-state index < -0.39 is 30.5 Å². The molecule has 1 aromatic rings. The Bertz CT molecular complexity index is 630. The van der Waals surface area contributed by atoms with Gasteiger partial charge in [0.25, 0.3) is 5.91 Å². The quantitative estimate of drug-likeness (QED) is 0.765. The molecule has 2 atom stereocenters. The second kappa shape index (κ2) is 9.20. The highest BCUT2D eigenvalue weighted by Crippen LogP contribution is 2.17. The Morgan fingerprint density at radius 2 is 1.68 bits per heavy atom. The Hall–Kier alpha value is -2.37. The maximum atomic E-state index is 12.3. The molecule has 1 aromatic carbocycles. The number of ether oxygens (including phenoxy) is 2. The van der Waals surface area contributed by atoms with Crippen LogP contribution in [0.1, 0.15) is 47.3 Å². The van der Waals surface area contributed by atoms with E-state index >= 15 is 0 Å². The average molecular weight is 349 g/mol. The minimum absolute atomic E-state index is 0.0892. The van der Waals surface area contributed by atoms with Crippen LogP contribution in [0.2, 0.25) is 0 Å². The molecule has 0 fully saturated rings. The Morgan fingerprint density at radius 3 is 2.16 bits per heavy atom. The van der Waals surface area contributed by atoms with Crippen molar-refractivity contribution in [1.82, 2.24) is 5.32 Å². The number of nitrogens with one attached hydrogen (secondary N) is 1. The minimum atomic E-state index is -0.760. The fraction of sp³-hybridized carbons (Fsp3) is 0.526. The molecule has 0 bridgehead atoms. The lowest BCUT2D eigenvalue weighted by molar-refractivity contribution is -0.147. The van der Waals surface area contributed by atoms with Crippen molar-refractivity contribution in [3.63, 3.8) is 0 Å². The fourth-order valence-corrected chi connectivity index (χ4v) is 2.72. The zero-order valence-electron chi connectivity index (χ0n) is 15.8. The molecule has 0 spiro atoms. The van der Waals surface area contributed by atoms with Gasteiger partial charge in [-0.2, -0.15) is 0 Å². The van der Waals surface area contributed by atoms with Crippen molar-refractivity contribution in [2.75, 3.05) is 13.7 Å². The highest BCUT2D eigenvalue weighted by atomic mass is 16.5. The Morgan fingerprint density at radius 1 is 1.12 bits per heavy atom. The number of amides is 1. The molecule has 0 saturated carbocycles. The summed E-state index contributed by atoms with van der Waals surface area (Å²) in [6.45, 7) is 8.91. The van der Waals surface area contributed by atoms with Crippen molar-refractivity contribution >= 4 is 17.8 Å². The molecule has 0 saturated heterocycles. The Kier molecular flexibility index (Phi) is 7.61. The molecule has 0 aromatic heterocycles. The van der Waals surface area contributed by atoms with Gasteiger partial charge in [-0.25, -0.2) is 9.59 Å². The van der Waals surface area contributed by atoms with Crippen LogP contribution in [-0.4, -0.2) is 37.6 Å². The van der Waals surface area contributed by atoms with Gasteiger partial charge in [-0.05, 0) is 37.8 Å². The molecule has 138 valence electrons. The molecule has 0 aliphatic heterocycles. The monoisotopic (exact) mass is 349 g/mol. The minimum Gasteiger partial charge on any atom is -0.467 e. The van der Waals surface area contributed by atoms with Crippen LogP contribution in [0.25, 0.3) is 0 Å². The fourth-order valence-electron chi connectivity index (χ4n) is 2.72. The van der Waals surface area contributed by atoms with Gasteiger partial charge in [-0.1, -0.05) is 38.0 Å². The first-order chi connectivity index (χ1) is 11.7. The molecule has 0 radical (unpaired) electrons. The summed E-state index contributed by atoms with van der Waals surface area (Å²) in [5, 5.41) is 2.57. The second-order valence-corrected chi connectivity index (χ2v) is 6.30. The number of hydrogen-bond acceptors (Lipinski definition) is 5. The highest BCUT2D eigenvalue weighted by molar-refractivity contribution is 5.94. The zero-order chi connectivity index (χ0) is 19.1. The summed E-state index contributed by atoms with van der Waals surface area (Å²) in [7, 11) is 1.27. The van der Waals surface area contributed by atoms with Crippen molar-refractivity contribution in [3.05, 3.63) is 34.4 Å². The number of esters is 2. The summed E-state index contributed by atoms with van der Waals surface area (Å²) in [5.74, 6) is -1.69. The largest absolute Gasteiger partial charge is 0.467 e. The highest BCUT2D eigenvalue weighted by Gasteiger charge is 2.27. The summed E-state index contributed by atoms with van der Waals surface area (Å²) >= 11 is 0. The van der Waals surface area contributed by atoms with Crippen molar-refractivity contribution in [3.8, 4) is 0 Å². The smallest absolute Gasteiger partial charge is 0.339 e. The van der Waals surface area contributed by atoms with Crippen LogP contribution in [0.4, 0.5) is 0 Å². The standard InChI is InChI=1S/C19H27NO5/c1-7-12(3)17(19(23)24-6)20-15(21)10-25-18(22)16-13(4)8-11(2)9-14(16)5/h8-9,12,17H,7,10H2,1-6H3,(H,20,21)/t12-,17-/m1/s1. The number of benzene rings is 1. The maximum Gasteiger partial charge on any atom is 0.339 e. The first-order valence-electron chi connectivity index (χ1n) is 8.33. The third-order valence-electron chi connectivity index (χ3n) is 4.20. The van der Waals surface area contributed by atoms with Crippen molar-refractivity contribution in [2.45, 2.75) is 47.1 Å². The van der Waals surface area contributed by atoms with Crippen LogP contribution in [0.15, 0.2) is 12.1 Å². The summed E-state index contributed by atoms with van der Waals surface area (Å²) < 4.78 is 9.83. The van der Waals surface area contributed by atoms with Gasteiger partial charge in [0.05, 0.1) is 12.7 Å². The lowest BCUT2D eigenvalue weighted by atomic mass is 9.99. The maximum absolute atomic E-state index is 12.3. The summed E-state index contributed by atoms with van der Waals surface area (Å²) in [6.07, 6.45) is 0.696. The van der Waals surface area contributed by atoms with E-state index in [0.29, 0.717) is 12.0 Å². The summed E-state index contributed by atoms with van der Waals surface area (Å²) in [5.41, 5.74) is 3.12. The van der Waals surface area contributed by atoms with Crippen molar-refractivity contribution in [2.24, 2.45) is 5.92 Å². The van der Waals surface area contributed by atoms with Gasteiger partial charge in [-0.15, -0.1) is 0 Å². The number of carbonyl (C=O) groups is 3. The normalized spacial score (nSPS) is 12.9. The number of hydrogen-bond donors (Lipinski definition) is 1. The Labute approximate surface area is 148 Å². The van der Waals surface area contributed by atoms with Crippen LogP contribution in [0.5, 0.6) is 0 Å². The molecular weight excluding hydrogens is 322 g/mol. The lowest BCUT2D eigenvalue weighted by Gasteiger charge is -2.21. The van der Waals surface area contributed by atoms with E-state index in [0.717, 1.165) is 16.7 Å². The summed E-state index contributed by atoms with van der Waals surface area (Å²) in [4.78, 5) is 36.1. The molecule has 6 nitrogen and oxygen atoms in total. The summed E-state index contributed by atoms with van der Waals surface area (Å²) in [6, 6.07) is 3.02. The predicted octanol–water partition coefficient (Wildman–Crippen LogP) is 2.47. The van der Waals surface area contributed by atoms with Gasteiger partial charge in [0, 0.05) is 0 Å². The molecule has 0 aliphatic rings. The molecular formula is C19H27NO5. The third kappa shape index (κ3) is 5.59. The zero-order valence-corrected chi connectivity index (χ0v) is 15.8. The SMILES string of the molecule is CC[C@@H](C)[C@@H](NC(=O)COC(=O)c1c(C)cc(C)cc1C)C(=O)OC. The molecule has 0 unspecified atom stereocenters. The molecule has 6 heteroatoms. The molecule has 25 heavy (non-hydrogen) atoms. The van der Waals surface area contributed by atoms with Crippen molar-refractivity contribution < 1.29 is 23.9 Å². The van der Waals surface area contributed by atoms with Gasteiger partial charge < -0.3 is 14.8 Å². The number of aryl methyl sites for hydroxylation is 3. The number of carbonyl (C=O) groups excluding carboxylic acids is 3. The van der Waals surface area contributed by atoms with Crippen LogP contribution in [0, 0.1) is 26.7 Å². The van der Waals surface area contributed by atoms with E-state index in [4.69, 9.17) is 9.47 Å². The second-order valence-electron chi connectivity index (χ2n) is 6.30. The molecule has 0 aliphatic carbocycles. The van der Waals surface area contributed by atoms with Crippen LogP contribution < -0.4 is 5.32 Å². The van der Waals surface area contributed by atoms with Gasteiger partial charge in [0.1, 0.15) is 6.04 Å². The third-order valence-corrected chi connectivity index (χ3v) is 4.20. The Balaban J connectivity index is 2.72. The topological polar surface area (TPSA) is 81.7 Å². The average Bonchev–Trinajstić information content (AvgIpc) is 2.55. The molecule has 1 N–H and O–H groups in total. The van der Waals surface area contributed by atoms with Crippen molar-refractivity contribution in [1.29, 1.82) is 0 Å². The van der Waals surface area contributed by atoms with Crippen LogP contribution >= 0.6 is 0 Å². The van der Waals surface area contributed by atoms with Gasteiger partial charge in [0.15, 0.2) is 6.61 Å². The molecule has 1 amide bonds. The van der Waals surface area contributed by atoms with E-state index in [1.165, 1.54) is 7.11 Å². The van der Waals surface area contributed by atoms with E-state index in [-0.39, 0.29) is 5.92 Å². The van der Waals surface area contributed by atoms with Gasteiger partial charge >= 0.3 is 11.9 Å². The lowest BCUT2D eigenvalue weighted by Crippen LogP contribution is -2.47. The predicted molar refractivity (Wildman–Crippen MR) is 94.3 cm³/mol. The molecule has 0 heterocycles. The number of methoxy groups -OCH3 is 1. The molecule has 1 rings (SSSR count). The van der Waals surface area contributed by atoms with E-state index in [1.807, 2.05) is 46.8 Å². The van der Waals surface area contributed by atoms with E-state index in [9.17, 15) is 14.4 Å².